The zero-order valence-electron chi connectivity index (χ0n) is 10.4. The predicted octanol–water partition coefficient (Wildman–Crippen LogP) is 1.79. The molecule has 18 heavy (non-hydrogen) atoms. The molecule has 4 nitrogen and oxygen atoms in total. The molecule has 1 aliphatic rings. The van der Waals surface area contributed by atoms with E-state index in [9.17, 15) is 0 Å². The molecule has 1 aliphatic heterocycles. The Morgan fingerprint density at radius 3 is 2.72 bits per heavy atom. The molecular formula is C14H18N4. The Labute approximate surface area is 107 Å². The van der Waals surface area contributed by atoms with Gasteiger partial charge in [-0.2, -0.15) is 15.0 Å². The van der Waals surface area contributed by atoms with Gasteiger partial charge in [-0.1, -0.05) is 30.3 Å². The minimum atomic E-state index is 0.468. The maximum Gasteiger partial charge on any atom is 0.0871 e. The molecule has 2 aromatic rings. The first-order valence-corrected chi connectivity index (χ1v) is 6.57. The van der Waals surface area contributed by atoms with Crippen molar-refractivity contribution >= 4 is 0 Å². The lowest BCUT2D eigenvalue weighted by Crippen LogP contribution is -2.30. The highest BCUT2D eigenvalue weighted by Gasteiger charge is 2.16. The van der Waals surface area contributed by atoms with Crippen molar-refractivity contribution in [2.45, 2.75) is 25.3 Å². The fraction of sp³-hybridized carbons (Fsp3) is 0.429. The number of hydrogen-bond donors (Lipinski definition) is 1. The molecule has 94 valence electrons. The van der Waals surface area contributed by atoms with Crippen LogP contribution in [0, 0.1) is 0 Å². The van der Waals surface area contributed by atoms with Crippen LogP contribution in [0.2, 0.25) is 0 Å². The van der Waals surface area contributed by atoms with E-state index in [0.29, 0.717) is 6.04 Å². The number of piperidine rings is 1. The van der Waals surface area contributed by atoms with E-state index in [1.54, 1.807) is 0 Å². The SMILES string of the molecule is c1ccc(Cc2cnn(C3CCNCC3)n2)cc1. The van der Waals surface area contributed by atoms with Gasteiger partial charge in [0.2, 0.25) is 0 Å². The summed E-state index contributed by atoms with van der Waals surface area (Å²) < 4.78 is 0. The lowest BCUT2D eigenvalue weighted by molar-refractivity contribution is 0.313. The molecule has 1 N–H and O–H groups in total. The average Bonchev–Trinajstić information content (AvgIpc) is 2.89. The molecule has 2 heterocycles. The summed E-state index contributed by atoms with van der Waals surface area (Å²) in [6, 6.07) is 10.9. The summed E-state index contributed by atoms with van der Waals surface area (Å²) >= 11 is 0. The second-order valence-corrected chi connectivity index (χ2v) is 4.80. The molecule has 0 atom stereocenters. The highest BCUT2D eigenvalue weighted by Crippen LogP contribution is 2.16. The molecular weight excluding hydrogens is 224 g/mol. The first-order valence-electron chi connectivity index (χ1n) is 6.57. The van der Waals surface area contributed by atoms with E-state index in [0.717, 1.165) is 38.0 Å². The second-order valence-electron chi connectivity index (χ2n) is 4.80. The van der Waals surface area contributed by atoms with E-state index in [2.05, 4.69) is 39.8 Å². The third-order valence-corrected chi connectivity index (χ3v) is 3.42. The molecule has 1 aromatic carbocycles. The molecule has 0 aliphatic carbocycles. The molecule has 0 saturated carbocycles. The summed E-state index contributed by atoms with van der Waals surface area (Å²) in [7, 11) is 0. The summed E-state index contributed by atoms with van der Waals surface area (Å²) in [6.45, 7) is 2.14. The maximum absolute atomic E-state index is 4.61. The molecule has 1 aromatic heterocycles. The van der Waals surface area contributed by atoms with E-state index in [1.807, 2.05) is 17.1 Å². The topological polar surface area (TPSA) is 42.7 Å². The second kappa shape index (κ2) is 5.31. The molecule has 0 unspecified atom stereocenters. The van der Waals surface area contributed by atoms with E-state index < -0.39 is 0 Å². The van der Waals surface area contributed by atoms with Gasteiger partial charge in [0.05, 0.1) is 17.9 Å². The standard InChI is InChI=1S/C14H18N4/c1-2-4-12(5-3-1)10-13-11-16-18(17-13)14-6-8-15-9-7-14/h1-5,11,14-15H,6-10H2. The van der Waals surface area contributed by atoms with Gasteiger partial charge in [0.25, 0.3) is 0 Å². The number of benzene rings is 1. The normalized spacial score (nSPS) is 16.9. The van der Waals surface area contributed by atoms with Gasteiger partial charge in [-0.25, -0.2) is 0 Å². The number of aromatic nitrogens is 3. The lowest BCUT2D eigenvalue weighted by Gasteiger charge is -2.21. The van der Waals surface area contributed by atoms with Crippen molar-refractivity contribution in [2.75, 3.05) is 13.1 Å². The van der Waals surface area contributed by atoms with Crippen LogP contribution in [0.3, 0.4) is 0 Å². The zero-order chi connectivity index (χ0) is 12.2. The number of nitrogens with zero attached hydrogens (tertiary/aromatic N) is 3. The van der Waals surface area contributed by atoms with E-state index >= 15 is 0 Å². The molecule has 4 heteroatoms. The van der Waals surface area contributed by atoms with Crippen LogP contribution in [0.1, 0.15) is 30.1 Å². The van der Waals surface area contributed by atoms with Crippen molar-refractivity contribution in [3.8, 4) is 0 Å². The summed E-state index contributed by atoms with van der Waals surface area (Å²) in [5, 5.41) is 12.4. The smallest absolute Gasteiger partial charge is 0.0871 e. The first-order chi connectivity index (χ1) is 8.92. The van der Waals surface area contributed by atoms with Gasteiger partial charge in [-0.3, -0.25) is 0 Å². The van der Waals surface area contributed by atoms with E-state index in [4.69, 9.17) is 0 Å². The largest absolute Gasteiger partial charge is 0.317 e. The summed E-state index contributed by atoms with van der Waals surface area (Å²) in [6.07, 6.45) is 5.01. The van der Waals surface area contributed by atoms with Gasteiger partial charge < -0.3 is 5.32 Å². The van der Waals surface area contributed by atoms with Crippen LogP contribution >= 0.6 is 0 Å². The molecule has 0 bridgehead atoms. The zero-order valence-corrected chi connectivity index (χ0v) is 10.4. The molecule has 0 spiro atoms. The van der Waals surface area contributed by atoms with Crippen molar-refractivity contribution in [3.05, 3.63) is 47.8 Å². The van der Waals surface area contributed by atoms with Crippen LogP contribution in [0.25, 0.3) is 0 Å². The molecule has 0 radical (unpaired) electrons. The highest BCUT2D eigenvalue weighted by molar-refractivity contribution is 5.19. The van der Waals surface area contributed by atoms with Crippen molar-refractivity contribution in [1.82, 2.24) is 20.3 Å². The van der Waals surface area contributed by atoms with Crippen molar-refractivity contribution in [3.63, 3.8) is 0 Å². The Morgan fingerprint density at radius 1 is 1.17 bits per heavy atom. The van der Waals surface area contributed by atoms with Crippen molar-refractivity contribution < 1.29 is 0 Å². The van der Waals surface area contributed by atoms with Crippen LogP contribution in [-0.2, 0) is 6.42 Å². The van der Waals surface area contributed by atoms with E-state index in [-0.39, 0.29) is 0 Å². The number of rotatable bonds is 3. The Bertz CT molecular complexity index is 486. The molecule has 3 rings (SSSR count). The van der Waals surface area contributed by atoms with Crippen LogP contribution < -0.4 is 5.32 Å². The minimum absolute atomic E-state index is 0.468. The Morgan fingerprint density at radius 2 is 1.94 bits per heavy atom. The molecule has 1 saturated heterocycles. The Balaban J connectivity index is 1.69. The predicted molar refractivity (Wildman–Crippen MR) is 70.4 cm³/mol. The van der Waals surface area contributed by atoms with Crippen molar-refractivity contribution in [2.24, 2.45) is 0 Å². The fourth-order valence-corrected chi connectivity index (χ4v) is 2.41. The average molecular weight is 242 g/mol. The number of nitrogens with one attached hydrogen (secondary N) is 1. The lowest BCUT2D eigenvalue weighted by atomic mass is 10.1. The Kier molecular flexibility index (Phi) is 3.37. The van der Waals surface area contributed by atoms with Crippen LogP contribution in [0.5, 0.6) is 0 Å². The van der Waals surface area contributed by atoms with Crippen LogP contribution in [0.4, 0.5) is 0 Å². The maximum atomic E-state index is 4.61. The monoisotopic (exact) mass is 242 g/mol. The third-order valence-electron chi connectivity index (χ3n) is 3.42. The van der Waals surface area contributed by atoms with Gasteiger partial charge in [-0.15, -0.1) is 0 Å². The van der Waals surface area contributed by atoms with Crippen molar-refractivity contribution in [1.29, 1.82) is 0 Å². The van der Waals surface area contributed by atoms with E-state index in [1.165, 1.54) is 5.56 Å². The van der Waals surface area contributed by atoms with Gasteiger partial charge in [0.15, 0.2) is 0 Å². The van der Waals surface area contributed by atoms with Gasteiger partial charge in [0.1, 0.15) is 0 Å². The highest BCUT2D eigenvalue weighted by atomic mass is 15.5. The summed E-state index contributed by atoms with van der Waals surface area (Å²) in [4.78, 5) is 1.90. The van der Waals surface area contributed by atoms with Crippen LogP contribution in [0.15, 0.2) is 36.5 Å². The van der Waals surface area contributed by atoms with Gasteiger partial charge in [0, 0.05) is 6.42 Å². The minimum Gasteiger partial charge on any atom is -0.317 e. The molecule has 0 amide bonds. The molecule has 1 fully saturated rings. The third kappa shape index (κ3) is 2.59. The Hall–Kier alpha value is -1.68. The number of hydrogen-bond acceptors (Lipinski definition) is 3. The van der Waals surface area contributed by atoms with Gasteiger partial charge >= 0.3 is 0 Å². The quantitative estimate of drug-likeness (QED) is 0.892. The summed E-state index contributed by atoms with van der Waals surface area (Å²) in [5.41, 5.74) is 2.34. The summed E-state index contributed by atoms with van der Waals surface area (Å²) in [5.74, 6) is 0. The van der Waals surface area contributed by atoms with Gasteiger partial charge in [-0.05, 0) is 31.5 Å². The van der Waals surface area contributed by atoms with Crippen LogP contribution in [-0.4, -0.2) is 28.1 Å². The fourth-order valence-electron chi connectivity index (χ4n) is 2.41. The first kappa shape index (κ1) is 11.4.